The summed E-state index contributed by atoms with van der Waals surface area (Å²) in [6.45, 7) is 6.78. The summed E-state index contributed by atoms with van der Waals surface area (Å²) in [5.41, 5.74) is 0. The summed E-state index contributed by atoms with van der Waals surface area (Å²) < 4.78 is 30.5. The summed E-state index contributed by atoms with van der Waals surface area (Å²) in [6, 6.07) is -0.876. The average molecular weight is 984 g/mol. The van der Waals surface area contributed by atoms with Crippen LogP contribution in [0.3, 0.4) is 0 Å². The van der Waals surface area contributed by atoms with Crippen molar-refractivity contribution in [2.24, 2.45) is 0 Å². The molecule has 0 aromatic carbocycles. The quantitative estimate of drug-likeness (QED) is 0.0156. The van der Waals surface area contributed by atoms with Gasteiger partial charge in [0.05, 0.1) is 33.8 Å². The Kier molecular flexibility index (Phi) is 46.4. The predicted octanol–water partition coefficient (Wildman–Crippen LogP) is 16.4. The predicted molar refractivity (Wildman–Crippen MR) is 295 cm³/mol. The van der Waals surface area contributed by atoms with Gasteiger partial charge in [0.1, 0.15) is 19.3 Å². The van der Waals surface area contributed by atoms with Crippen molar-refractivity contribution in [3.63, 3.8) is 0 Å². The van der Waals surface area contributed by atoms with Crippen molar-refractivity contribution >= 4 is 19.7 Å². The first-order valence-electron chi connectivity index (χ1n) is 27.6. The second-order valence-corrected chi connectivity index (χ2v) is 20.9. The van der Waals surface area contributed by atoms with Crippen LogP contribution in [0, 0.1) is 0 Å². The van der Waals surface area contributed by atoms with Crippen molar-refractivity contribution in [2.45, 2.75) is 226 Å². The molecule has 0 rings (SSSR count). The molecule has 0 aromatic rings. The number of nitrogens with zero attached hydrogens (tertiary/aromatic N) is 1. The van der Waals surface area contributed by atoms with Gasteiger partial charge < -0.3 is 19.4 Å². The molecule has 3 atom stereocenters. The van der Waals surface area contributed by atoms with E-state index in [1.54, 1.807) is 0 Å². The average Bonchev–Trinajstić information content (AvgIpc) is 3.31. The number of carbonyl (C=O) groups is 2. The largest absolute Gasteiger partial charge is 0.472 e. The Bertz CT molecular complexity index is 1510. The van der Waals surface area contributed by atoms with Crippen molar-refractivity contribution in [1.29, 1.82) is 0 Å². The Morgan fingerprint density at radius 1 is 0.536 bits per heavy atom. The fourth-order valence-corrected chi connectivity index (χ4v) is 8.01. The lowest BCUT2D eigenvalue weighted by atomic mass is 10.1. The van der Waals surface area contributed by atoms with Crippen LogP contribution in [0.15, 0.2) is 97.2 Å². The smallest absolute Gasteiger partial charge is 0.456 e. The molecular weight excluding hydrogens is 880 g/mol. The van der Waals surface area contributed by atoms with E-state index >= 15 is 0 Å². The maximum Gasteiger partial charge on any atom is 0.472 e. The minimum Gasteiger partial charge on any atom is -0.456 e. The summed E-state index contributed by atoms with van der Waals surface area (Å²) in [5.74, 6) is -0.574. The van der Waals surface area contributed by atoms with Crippen LogP contribution in [0.25, 0.3) is 0 Å². The van der Waals surface area contributed by atoms with E-state index in [1.807, 2.05) is 39.4 Å². The number of hydrogen-bond acceptors (Lipinski definition) is 6. The Morgan fingerprint density at radius 2 is 0.986 bits per heavy atom. The van der Waals surface area contributed by atoms with Crippen LogP contribution in [-0.2, 0) is 27.9 Å². The van der Waals surface area contributed by atoms with Gasteiger partial charge in [-0.2, -0.15) is 0 Å². The molecule has 69 heavy (non-hydrogen) atoms. The van der Waals surface area contributed by atoms with E-state index in [9.17, 15) is 19.0 Å². The number of quaternary nitrogens is 1. The third kappa shape index (κ3) is 49.7. The summed E-state index contributed by atoms with van der Waals surface area (Å²) in [7, 11) is 1.45. The highest BCUT2D eigenvalue weighted by Gasteiger charge is 2.30. The van der Waals surface area contributed by atoms with Gasteiger partial charge in [-0.3, -0.25) is 18.6 Å². The molecule has 9 nitrogen and oxygen atoms in total. The van der Waals surface area contributed by atoms with Crippen LogP contribution in [0.2, 0.25) is 0 Å². The first-order valence-corrected chi connectivity index (χ1v) is 29.1. The van der Waals surface area contributed by atoms with Crippen LogP contribution < -0.4 is 5.32 Å². The third-order valence-corrected chi connectivity index (χ3v) is 12.6. The third-order valence-electron chi connectivity index (χ3n) is 11.6. The van der Waals surface area contributed by atoms with Crippen LogP contribution in [0.5, 0.6) is 0 Å². The van der Waals surface area contributed by atoms with Crippen LogP contribution in [-0.4, -0.2) is 74.3 Å². The number of carbonyl (C=O) groups excluding carboxylic acids is 2. The lowest BCUT2D eigenvalue weighted by Gasteiger charge is -2.27. The van der Waals surface area contributed by atoms with Gasteiger partial charge in [0.15, 0.2) is 0 Å². The number of nitrogens with one attached hydrogen (secondary N) is 1. The summed E-state index contributed by atoms with van der Waals surface area (Å²) >= 11 is 0. The molecule has 0 aliphatic rings. The van der Waals surface area contributed by atoms with Gasteiger partial charge in [-0.1, -0.05) is 202 Å². The molecule has 0 radical (unpaired) electrons. The number of phosphoric acid groups is 1. The van der Waals surface area contributed by atoms with Gasteiger partial charge in [0.25, 0.3) is 0 Å². The summed E-state index contributed by atoms with van der Waals surface area (Å²) in [4.78, 5) is 37.5. The molecule has 0 saturated heterocycles. The zero-order chi connectivity index (χ0) is 50.8. The summed E-state index contributed by atoms with van der Waals surface area (Å²) in [5, 5.41) is 3.02. The maximum atomic E-state index is 13.4. The van der Waals surface area contributed by atoms with Crippen LogP contribution in [0.1, 0.15) is 213 Å². The Morgan fingerprint density at radius 3 is 1.55 bits per heavy atom. The molecule has 3 unspecified atom stereocenters. The number of likely N-dealkylation sites (N-methyl/N-ethyl adjacent to an activating group) is 1. The topological polar surface area (TPSA) is 111 Å². The molecule has 0 aromatic heterocycles. The number of rotatable bonds is 48. The molecule has 0 bridgehead atoms. The van der Waals surface area contributed by atoms with Crippen molar-refractivity contribution < 1.29 is 37.3 Å². The van der Waals surface area contributed by atoms with Gasteiger partial charge >= 0.3 is 13.8 Å². The number of phosphoric ester groups is 1. The minimum atomic E-state index is -4.46. The molecule has 0 fully saturated rings. The number of hydrogen-bond donors (Lipinski definition) is 2. The molecule has 0 saturated carbocycles. The number of allylic oxidation sites excluding steroid dienone is 15. The first-order chi connectivity index (χ1) is 33.4. The van der Waals surface area contributed by atoms with Gasteiger partial charge in [0, 0.05) is 12.8 Å². The van der Waals surface area contributed by atoms with Crippen molar-refractivity contribution in [1.82, 2.24) is 5.32 Å². The molecule has 0 aliphatic carbocycles. The molecule has 396 valence electrons. The number of ether oxygens (including phenoxy) is 1. The van der Waals surface area contributed by atoms with Gasteiger partial charge in [0.2, 0.25) is 5.91 Å². The summed E-state index contributed by atoms with van der Waals surface area (Å²) in [6.07, 6.45) is 64.0. The SMILES string of the molecule is CC/C=C/C=C/C=C\CCCCCCCC(=O)NC(COP(=O)(O)OCC[N+](C)(C)C)C(/C=C\CCCCCCCCCCC)OC(=O)CCCCC/C=C\C/C=C\C/C=C\C/C=C\CCCCC. The van der Waals surface area contributed by atoms with E-state index in [4.69, 9.17) is 13.8 Å². The first kappa shape index (κ1) is 65.9. The Hall–Kier alpha value is -3.07. The highest BCUT2D eigenvalue weighted by molar-refractivity contribution is 7.47. The zero-order valence-corrected chi connectivity index (χ0v) is 45.9. The molecule has 10 heteroatoms. The standard InChI is InChI=1S/C59H103N2O7P/c1-7-10-13-16-19-22-25-27-28-29-30-31-32-34-37-40-43-46-49-52-59(63)68-57(50-47-44-41-38-35-24-21-18-15-12-9-3)56(55-67-69(64,65)66-54-53-61(4,5)6)60-58(62)51-48-45-42-39-36-33-26-23-20-17-14-11-8-2/h11,14,17,19-20,22-23,26-28,30-31,34,37,47,50,56-57H,7-10,12-13,15-16,18,21,24-25,29,32-33,35-36,38-46,48-49,51-55H2,1-6H3,(H-,60,62,64,65)/p+1/b14-11+,20-17+,22-19-,26-23-,28-27-,31-30-,37-34-,50-47-. The second-order valence-electron chi connectivity index (χ2n) is 19.4. The minimum absolute atomic E-state index is 0.0256. The van der Waals surface area contributed by atoms with E-state index in [1.165, 1.54) is 70.6 Å². The van der Waals surface area contributed by atoms with Crippen LogP contribution >= 0.6 is 7.82 Å². The Labute approximate surface area is 424 Å². The lowest BCUT2D eigenvalue weighted by molar-refractivity contribution is -0.870. The van der Waals surface area contributed by atoms with Crippen LogP contribution in [0.4, 0.5) is 0 Å². The van der Waals surface area contributed by atoms with E-state index in [0.29, 0.717) is 30.3 Å². The second kappa shape index (κ2) is 48.6. The highest BCUT2D eigenvalue weighted by atomic mass is 31.2. The lowest BCUT2D eigenvalue weighted by Crippen LogP contribution is -2.47. The number of amides is 1. The number of esters is 1. The molecule has 1 amide bonds. The van der Waals surface area contributed by atoms with E-state index < -0.39 is 20.0 Å². The molecule has 0 aliphatic heterocycles. The monoisotopic (exact) mass is 984 g/mol. The van der Waals surface area contributed by atoms with Crippen molar-refractivity contribution in [2.75, 3.05) is 40.9 Å². The van der Waals surface area contributed by atoms with E-state index in [-0.39, 0.29) is 31.5 Å². The van der Waals surface area contributed by atoms with E-state index in [0.717, 1.165) is 96.3 Å². The molecular formula is C59H104N2O7P+. The molecule has 0 spiro atoms. The van der Waals surface area contributed by atoms with Crippen molar-refractivity contribution in [3.8, 4) is 0 Å². The van der Waals surface area contributed by atoms with Crippen molar-refractivity contribution in [3.05, 3.63) is 97.2 Å². The molecule has 2 N–H and O–H groups in total. The number of unbranched alkanes of at least 4 members (excludes halogenated alkanes) is 20. The van der Waals surface area contributed by atoms with Gasteiger partial charge in [-0.25, -0.2) is 4.57 Å². The highest BCUT2D eigenvalue weighted by Crippen LogP contribution is 2.43. The van der Waals surface area contributed by atoms with Gasteiger partial charge in [-0.15, -0.1) is 0 Å². The zero-order valence-electron chi connectivity index (χ0n) is 45.0. The van der Waals surface area contributed by atoms with Gasteiger partial charge in [-0.05, 0) is 96.0 Å². The molecule has 0 heterocycles. The fourth-order valence-electron chi connectivity index (χ4n) is 7.27. The normalized spacial score (nSPS) is 14.6. The Balaban J connectivity index is 5.43. The fraction of sp³-hybridized carbons (Fsp3) is 0.695. The maximum absolute atomic E-state index is 13.4. The van der Waals surface area contributed by atoms with E-state index in [2.05, 4.69) is 105 Å².